The second-order valence-electron chi connectivity index (χ2n) is 8.72. The van der Waals surface area contributed by atoms with Crippen LogP contribution in [-0.4, -0.2) is 30.8 Å². The predicted molar refractivity (Wildman–Crippen MR) is 117 cm³/mol. The number of rotatable bonds is 4. The van der Waals surface area contributed by atoms with Gasteiger partial charge in [-0.05, 0) is 56.9 Å². The Balaban J connectivity index is 1.86. The van der Waals surface area contributed by atoms with Crippen LogP contribution in [-0.2, 0) is 16.6 Å². The van der Waals surface area contributed by atoms with Gasteiger partial charge in [0.25, 0.3) is 5.95 Å². The fourth-order valence-corrected chi connectivity index (χ4v) is 3.39. The summed E-state index contributed by atoms with van der Waals surface area (Å²) < 4.78 is 1.68. The summed E-state index contributed by atoms with van der Waals surface area (Å²) in [7, 11) is 0. The van der Waals surface area contributed by atoms with Gasteiger partial charge in [-0.1, -0.05) is 26.8 Å². The van der Waals surface area contributed by atoms with Crippen molar-refractivity contribution in [1.82, 2.24) is 19.7 Å². The number of aryl methyl sites for hydroxylation is 3. The Bertz CT molecular complexity index is 1090. The number of nitrogens with zero attached hydrogens (tertiary/aromatic N) is 4. The molecule has 7 heteroatoms. The smallest absolute Gasteiger partial charge is 0.251 e. The van der Waals surface area contributed by atoms with Gasteiger partial charge in [0.2, 0.25) is 5.91 Å². The first-order valence-corrected chi connectivity index (χ1v) is 9.97. The summed E-state index contributed by atoms with van der Waals surface area (Å²) in [4.78, 5) is 21.7. The van der Waals surface area contributed by atoms with Crippen LogP contribution < -0.4 is 5.32 Å². The monoisotopic (exact) mass is 407 g/mol. The van der Waals surface area contributed by atoms with Gasteiger partial charge in [-0.25, -0.2) is 14.6 Å². The fraction of sp³-hybridized carbons (Fsp3) is 0.391. The summed E-state index contributed by atoms with van der Waals surface area (Å²) in [5, 5.41) is 17.6. The number of anilines is 1. The first kappa shape index (κ1) is 21.5. The molecule has 1 aromatic carbocycles. The number of hydrogen-bond donors (Lipinski definition) is 2. The third-order valence-electron chi connectivity index (χ3n) is 5.08. The summed E-state index contributed by atoms with van der Waals surface area (Å²) in [6, 6.07) is 7.21. The largest absolute Gasteiger partial charge is 0.506 e. The molecule has 30 heavy (non-hydrogen) atoms. The number of phenolic OH excluding ortho intramolecular Hbond substituents is 1. The van der Waals surface area contributed by atoms with Crippen LogP contribution in [0.3, 0.4) is 0 Å². The Labute approximate surface area is 177 Å². The average molecular weight is 408 g/mol. The number of aromatic nitrogens is 4. The number of amides is 1. The highest BCUT2D eigenvalue weighted by atomic mass is 16.3. The van der Waals surface area contributed by atoms with Gasteiger partial charge in [0.15, 0.2) is 0 Å². The van der Waals surface area contributed by atoms with Crippen LogP contribution in [0.25, 0.3) is 5.95 Å². The highest BCUT2D eigenvalue weighted by Gasteiger charge is 2.20. The summed E-state index contributed by atoms with van der Waals surface area (Å²) >= 11 is 0. The number of carbonyl (C=O) groups excluding carboxylic acids is 1. The maximum Gasteiger partial charge on any atom is 0.251 e. The second kappa shape index (κ2) is 7.89. The third kappa shape index (κ3) is 4.50. The van der Waals surface area contributed by atoms with E-state index in [1.807, 2.05) is 45.9 Å². The molecular formula is C23H29N5O2. The molecule has 0 unspecified atom stereocenters. The highest BCUT2D eigenvalue weighted by molar-refractivity contribution is 5.94. The minimum absolute atomic E-state index is 0.0455. The van der Waals surface area contributed by atoms with Crippen molar-refractivity contribution in [3.05, 3.63) is 58.2 Å². The lowest BCUT2D eigenvalue weighted by molar-refractivity contribution is -0.115. The van der Waals surface area contributed by atoms with Gasteiger partial charge in [-0.2, -0.15) is 5.10 Å². The zero-order valence-corrected chi connectivity index (χ0v) is 18.7. The van der Waals surface area contributed by atoms with Crippen molar-refractivity contribution < 1.29 is 9.90 Å². The quantitative estimate of drug-likeness (QED) is 0.636. The molecule has 3 aromatic rings. The van der Waals surface area contributed by atoms with E-state index in [2.05, 4.69) is 41.2 Å². The third-order valence-corrected chi connectivity index (χ3v) is 5.08. The molecular weight excluding hydrogens is 378 g/mol. The Morgan fingerprint density at radius 1 is 1.07 bits per heavy atom. The van der Waals surface area contributed by atoms with Crippen molar-refractivity contribution in [2.75, 3.05) is 5.32 Å². The molecule has 0 saturated carbocycles. The maximum absolute atomic E-state index is 12.8. The summed E-state index contributed by atoms with van der Waals surface area (Å²) in [5.74, 6) is 0.322. The second-order valence-corrected chi connectivity index (χ2v) is 8.72. The van der Waals surface area contributed by atoms with Crippen LogP contribution in [0.1, 0.15) is 54.7 Å². The number of nitrogens with one attached hydrogen (secondary N) is 1. The van der Waals surface area contributed by atoms with Crippen molar-refractivity contribution in [3.63, 3.8) is 0 Å². The van der Waals surface area contributed by atoms with Gasteiger partial charge in [0.05, 0.1) is 17.8 Å². The topological polar surface area (TPSA) is 92.9 Å². The zero-order valence-electron chi connectivity index (χ0n) is 18.7. The minimum Gasteiger partial charge on any atom is -0.506 e. The lowest BCUT2D eigenvalue weighted by Gasteiger charge is -2.20. The number of hydrogen-bond acceptors (Lipinski definition) is 5. The zero-order chi connectivity index (χ0) is 22.2. The van der Waals surface area contributed by atoms with Gasteiger partial charge >= 0.3 is 0 Å². The Hall–Kier alpha value is -3.22. The normalized spacial score (nSPS) is 11.6. The van der Waals surface area contributed by atoms with Crippen molar-refractivity contribution in [1.29, 1.82) is 0 Å². The van der Waals surface area contributed by atoms with Gasteiger partial charge in [0.1, 0.15) is 5.75 Å². The molecule has 0 aliphatic carbocycles. The van der Waals surface area contributed by atoms with Crippen molar-refractivity contribution >= 4 is 11.6 Å². The van der Waals surface area contributed by atoms with E-state index in [1.54, 1.807) is 10.7 Å². The molecule has 3 rings (SSSR count). The van der Waals surface area contributed by atoms with Gasteiger partial charge in [0, 0.05) is 22.6 Å². The van der Waals surface area contributed by atoms with Gasteiger partial charge < -0.3 is 10.4 Å². The van der Waals surface area contributed by atoms with Crippen LogP contribution in [0.2, 0.25) is 0 Å². The Kier molecular flexibility index (Phi) is 5.65. The first-order chi connectivity index (χ1) is 14.0. The lowest BCUT2D eigenvalue weighted by atomic mass is 9.87. The van der Waals surface area contributed by atoms with Crippen LogP contribution in [0.5, 0.6) is 5.75 Å². The number of phenols is 1. The van der Waals surface area contributed by atoms with Crippen molar-refractivity contribution in [2.24, 2.45) is 0 Å². The minimum atomic E-state index is -0.219. The molecule has 0 aliphatic rings. The molecule has 2 N–H and O–H groups in total. The standard InChI is InChI=1S/C23H29N5O2/c1-13-10-14(2)25-22(24-13)28-16(4)18(15(3)27-28)12-21(30)26-19-11-17(23(5,6)7)8-9-20(19)29/h8-11,29H,12H2,1-7H3,(H,26,30). The summed E-state index contributed by atoms with van der Waals surface area (Å²) in [6.07, 6.45) is 0.141. The van der Waals surface area contributed by atoms with Gasteiger partial charge in [-0.3, -0.25) is 4.79 Å². The molecule has 0 spiro atoms. The fourth-order valence-electron chi connectivity index (χ4n) is 3.39. The molecule has 0 saturated heterocycles. The molecule has 0 radical (unpaired) electrons. The van der Waals surface area contributed by atoms with E-state index in [4.69, 9.17) is 0 Å². The molecule has 0 bridgehead atoms. The van der Waals surface area contributed by atoms with Crippen LogP contribution >= 0.6 is 0 Å². The molecule has 0 aliphatic heterocycles. The van der Waals surface area contributed by atoms with E-state index >= 15 is 0 Å². The van der Waals surface area contributed by atoms with Crippen LogP contribution in [0, 0.1) is 27.7 Å². The van der Waals surface area contributed by atoms with Crippen LogP contribution in [0.15, 0.2) is 24.3 Å². The number of carbonyl (C=O) groups is 1. The van der Waals surface area contributed by atoms with E-state index in [1.165, 1.54) is 0 Å². The Morgan fingerprint density at radius 2 is 1.70 bits per heavy atom. The molecule has 0 fully saturated rings. The van der Waals surface area contributed by atoms with E-state index in [-0.39, 0.29) is 23.5 Å². The molecule has 158 valence electrons. The van der Waals surface area contributed by atoms with Crippen molar-refractivity contribution in [3.8, 4) is 11.7 Å². The molecule has 0 atom stereocenters. The predicted octanol–water partition coefficient (Wildman–Crippen LogP) is 4.08. The van der Waals surface area contributed by atoms with E-state index < -0.39 is 0 Å². The van der Waals surface area contributed by atoms with E-state index in [9.17, 15) is 9.90 Å². The Morgan fingerprint density at radius 3 is 2.30 bits per heavy atom. The van der Waals surface area contributed by atoms with E-state index in [0.717, 1.165) is 33.9 Å². The average Bonchev–Trinajstić information content (AvgIpc) is 2.90. The molecule has 7 nitrogen and oxygen atoms in total. The highest BCUT2D eigenvalue weighted by Crippen LogP contribution is 2.31. The first-order valence-electron chi connectivity index (χ1n) is 9.97. The van der Waals surface area contributed by atoms with Crippen molar-refractivity contribution in [2.45, 2.75) is 60.3 Å². The molecule has 2 heterocycles. The number of aromatic hydroxyl groups is 1. The number of benzene rings is 1. The van der Waals surface area contributed by atoms with Gasteiger partial charge in [-0.15, -0.1) is 0 Å². The van der Waals surface area contributed by atoms with E-state index in [0.29, 0.717) is 11.6 Å². The molecule has 1 amide bonds. The molecule has 2 aromatic heterocycles. The lowest BCUT2D eigenvalue weighted by Crippen LogP contribution is -2.17. The summed E-state index contributed by atoms with van der Waals surface area (Å²) in [5.41, 5.74) is 5.46. The van der Waals surface area contributed by atoms with Crippen LogP contribution in [0.4, 0.5) is 5.69 Å². The maximum atomic E-state index is 12.8. The summed E-state index contributed by atoms with van der Waals surface area (Å²) in [6.45, 7) is 13.9. The SMILES string of the molecule is Cc1cc(C)nc(-n2nc(C)c(CC(=O)Nc3cc(C(C)(C)C)ccc3O)c2C)n1.